The summed E-state index contributed by atoms with van der Waals surface area (Å²) in [7, 11) is 0. The molecular weight excluding hydrogens is 366 g/mol. The second-order valence-electron chi connectivity index (χ2n) is 7.40. The quantitative estimate of drug-likeness (QED) is 0.762. The summed E-state index contributed by atoms with van der Waals surface area (Å²) in [5, 5.41) is 2.97. The molecule has 6 heteroatoms. The van der Waals surface area contributed by atoms with E-state index in [2.05, 4.69) is 23.8 Å². The van der Waals surface area contributed by atoms with Crippen molar-refractivity contribution < 1.29 is 14.3 Å². The van der Waals surface area contributed by atoms with E-state index in [1.807, 2.05) is 37.3 Å². The molecule has 1 saturated heterocycles. The van der Waals surface area contributed by atoms with Crippen LogP contribution >= 0.6 is 0 Å². The van der Waals surface area contributed by atoms with Gasteiger partial charge in [0, 0.05) is 31.9 Å². The molecule has 0 bridgehead atoms. The number of pyridine rings is 1. The normalized spacial score (nSPS) is 16.2. The maximum absolute atomic E-state index is 12.6. The Kier molecular flexibility index (Phi) is 6.65. The molecule has 1 aromatic carbocycles. The Morgan fingerprint density at radius 1 is 1.28 bits per heavy atom. The lowest BCUT2D eigenvalue weighted by atomic mass is 9.97. The summed E-state index contributed by atoms with van der Waals surface area (Å²) in [6, 6.07) is 9.58. The van der Waals surface area contributed by atoms with Crippen molar-refractivity contribution in [1.29, 1.82) is 0 Å². The Morgan fingerprint density at radius 2 is 2.10 bits per heavy atom. The molecular formula is C23H27N3O3. The average molecular weight is 393 g/mol. The van der Waals surface area contributed by atoms with Crippen molar-refractivity contribution >= 4 is 11.8 Å². The van der Waals surface area contributed by atoms with E-state index in [-0.39, 0.29) is 17.7 Å². The van der Waals surface area contributed by atoms with Crippen molar-refractivity contribution in [2.24, 2.45) is 5.92 Å². The predicted octanol–water partition coefficient (Wildman–Crippen LogP) is 3.53. The number of hydrogen-bond donors (Lipinski definition) is 1. The third-order valence-electron chi connectivity index (χ3n) is 5.25. The Labute approximate surface area is 171 Å². The Bertz CT molecular complexity index is 910. The van der Waals surface area contributed by atoms with Crippen LogP contribution in [0.1, 0.15) is 29.5 Å². The minimum atomic E-state index is -0.194. The SMILES string of the molecule is C=CC(=O)N1CCCC(C(=O)NCc2ccnc(Oc3ccc(C)c(C)c3)c2)C1. The van der Waals surface area contributed by atoms with Gasteiger partial charge in [0.15, 0.2) is 0 Å². The summed E-state index contributed by atoms with van der Waals surface area (Å²) in [6.45, 7) is 9.12. The van der Waals surface area contributed by atoms with Crippen molar-refractivity contribution in [1.82, 2.24) is 15.2 Å². The first kappa shape index (κ1) is 20.6. The lowest BCUT2D eigenvalue weighted by Gasteiger charge is -2.31. The van der Waals surface area contributed by atoms with Gasteiger partial charge < -0.3 is 15.0 Å². The number of amides is 2. The van der Waals surface area contributed by atoms with Crippen LogP contribution in [0.4, 0.5) is 0 Å². The highest BCUT2D eigenvalue weighted by atomic mass is 16.5. The molecule has 0 saturated carbocycles. The minimum Gasteiger partial charge on any atom is -0.439 e. The third-order valence-corrected chi connectivity index (χ3v) is 5.25. The van der Waals surface area contributed by atoms with Crippen molar-refractivity contribution in [2.45, 2.75) is 33.2 Å². The number of hydrogen-bond acceptors (Lipinski definition) is 4. The monoisotopic (exact) mass is 393 g/mol. The van der Waals surface area contributed by atoms with Gasteiger partial charge in [-0.25, -0.2) is 4.98 Å². The van der Waals surface area contributed by atoms with E-state index in [1.54, 1.807) is 11.1 Å². The molecule has 152 valence electrons. The third kappa shape index (κ3) is 5.44. The standard InChI is InChI=1S/C23H27N3O3/c1-4-22(27)26-11-5-6-19(15-26)23(28)25-14-18-9-10-24-21(13-18)29-20-8-7-16(2)17(3)12-20/h4,7-10,12-13,19H,1,5-6,11,14-15H2,2-3H3,(H,25,28). The maximum Gasteiger partial charge on any atom is 0.245 e. The first-order valence-corrected chi connectivity index (χ1v) is 9.85. The zero-order chi connectivity index (χ0) is 20.8. The summed E-state index contributed by atoms with van der Waals surface area (Å²) < 4.78 is 5.85. The van der Waals surface area contributed by atoms with Gasteiger partial charge in [-0.2, -0.15) is 0 Å². The molecule has 2 heterocycles. The maximum atomic E-state index is 12.6. The van der Waals surface area contributed by atoms with E-state index in [0.29, 0.717) is 25.5 Å². The summed E-state index contributed by atoms with van der Waals surface area (Å²) >= 11 is 0. The summed E-state index contributed by atoms with van der Waals surface area (Å²) in [5.74, 6) is 0.863. The number of aromatic nitrogens is 1. The molecule has 1 atom stereocenters. The van der Waals surface area contributed by atoms with Crippen molar-refractivity contribution in [2.75, 3.05) is 13.1 Å². The molecule has 2 amide bonds. The second-order valence-corrected chi connectivity index (χ2v) is 7.40. The molecule has 1 aliphatic heterocycles. The first-order chi connectivity index (χ1) is 14.0. The molecule has 1 fully saturated rings. The smallest absolute Gasteiger partial charge is 0.245 e. The van der Waals surface area contributed by atoms with Crippen LogP contribution in [-0.4, -0.2) is 34.8 Å². The van der Waals surface area contributed by atoms with E-state index in [1.165, 1.54) is 11.6 Å². The van der Waals surface area contributed by atoms with Gasteiger partial charge in [-0.1, -0.05) is 12.6 Å². The number of ether oxygens (including phenoxy) is 1. The first-order valence-electron chi connectivity index (χ1n) is 9.85. The highest BCUT2D eigenvalue weighted by Crippen LogP contribution is 2.23. The Morgan fingerprint density at radius 3 is 2.86 bits per heavy atom. The van der Waals surface area contributed by atoms with E-state index in [9.17, 15) is 9.59 Å². The van der Waals surface area contributed by atoms with E-state index in [4.69, 9.17) is 4.74 Å². The predicted molar refractivity (Wildman–Crippen MR) is 112 cm³/mol. The molecule has 2 aromatic rings. The number of rotatable bonds is 6. The molecule has 1 unspecified atom stereocenters. The fraction of sp³-hybridized carbons (Fsp3) is 0.348. The van der Waals surface area contributed by atoms with E-state index in [0.717, 1.165) is 29.7 Å². The minimum absolute atomic E-state index is 0.0417. The number of benzene rings is 1. The van der Waals surface area contributed by atoms with Crippen LogP contribution in [0.3, 0.4) is 0 Å². The molecule has 0 aliphatic carbocycles. The van der Waals surface area contributed by atoms with Gasteiger partial charge in [0.05, 0.1) is 5.92 Å². The number of nitrogens with one attached hydrogen (secondary N) is 1. The van der Waals surface area contributed by atoms with Gasteiger partial charge in [0.2, 0.25) is 17.7 Å². The zero-order valence-corrected chi connectivity index (χ0v) is 17.0. The highest BCUT2D eigenvalue weighted by Gasteiger charge is 2.27. The molecule has 1 N–H and O–H groups in total. The molecule has 6 nitrogen and oxygen atoms in total. The Balaban J connectivity index is 1.57. The van der Waals surface area contributed by atoms with Gasteiger partial charge >= 0.3 is 0 Å². The number of piperidine rings is 1. The van der Waals surface area contributed by atoms with Crippen LogP contribution in [0.2, 0.25) is 0 Å². The number of carbonyl (C=O) groups is 2. The van der Waals surface area contributed by atoms with Crippen LogP contribution in [0, 0.1) is 19.8 Å². The summed E-state index contributed by atoms with van der Waals surface area (Å²) in [5.41, 5.74) is 3.27. The van der Waals surface area contributed by atoms with E-state index < -0.39 is 0 Å². The van der Waals surface area contributed by atoms with Crippen LogP contribution in [0.15, 0.2) is 49.2 Å². The molecule has 3 rings (SSSR count). The second kappa shape index (κ2) is 9.37. The highest BCUT2D eigenvalue weighted by molar-refractivity contribution is 5.88. The number of nitrogens with zero attached hydrogens (tertiary/aromatic N) is 2. The summed E-state index contributed by atoms with van der Waals surface area (Å²) in [6.07, 6.45) is 4.57. The number of likely N-dealkylation sites (tertiary alicyclic amines) is 1. The zero-order valence-electron chi connectivity index (χ0n) is 17.0. The van der Waals surface area contributed by atoms with Crippen LogP contribution in [0.5, 0.6) is 11.6 Å². The largest absolute Gasteiger partial charge is 0.439 e. The van der Waals surface area contributed by atoms with Gasteiger partial charge in [-0.3, -0.25) is 9.59 Å². The topological polar surface area (TPSA) is 71.5 Å². The molecule has 0 spiro atoms. The van der Waals surface area contributed by atoms with E-state index >= 15 is 0 Å². The van der Waals surface area contributed by atoms with Crippen LogP contribution in [-0.2, 0) is 16.1 Å². The molecule has 1 aromatic heterocycles. The number of carbonyl (C=O) groups excluding carboxylic acids is 2. The molecule has 1 aliphatic rings. The fourth-order valence-electron chi connectivity index (χ4n) is 3.37. The van der Waals surface area contributed by atoms with Gasteiger partial charge in [0.25, 0.3) is 0 Å². The average Bonchev–Trinajstić information content (AvgIpc) is 2.74. The van der Waals surface area contributed by atoms with Gasteiger partial charge in [0.1, 0.15) is 5.75 Å². The van der Waals surface area contributed by atoms with Gasteiger partial charge in [-0.05, 0) is 67.7 Å². The molecule has 29 heavy (non-hydrogen) atoms. The lowest BCUT2D eigenvalue weighted by molar-refractivity contribution is -0.132. The van der Waals surface area contributed by atoms with Crippen molar-refractivity contribution in [3.05, 3.63) is 65.9 Å². The lowest BCUT2D eigenvalue weighted by Crippen LogP contribution is -2.44. The fourth-order valence-corrected chi connectivity index (χ4v) is 3.37. The van der Waals surface area contributed by atoms with Crippen molar-refractivity contribution in [3.63, 3.8) is 0 Å². The number of aryl methyl sites for hydroxylation is 2. The van der Waals surface area contributed by atoms with Gasteiger partial charge in [-0.15, -0.1) is 0 Å². The Hall–Kier alpha value is -3.15. The van der Waals surface area contributed by atoms with Crippen LogP contribution < -0.4 is 10.1 Å². The van der Waals surface area contributed by atoms with Crippen LogP contribution in [0.25, 0.3) is 0 Å². The summed E-state index contributed by atoms with van der Waals surface area (Å²) in [4.78, 5) is 30.3. The van der Waals surface area contributed by atoms with Crippen molar-refractivity contribution in [3.8, 4) is 11.6 Å². The molecule has 0 radical (unpaired) electrons.